The van der Waals surface area contributed by atoms with Crippen LogP contribution in [0.25, 0.3) is 10.1 Å². The molecule has 1 amide bonds. The van der Waals surface area contributed by atoms with Gasteiger partial charge in [-0.25, -0.2) is 0 Å². The van der Waals surface area contributed by atoms with Crippen molar-refractivity contribution in [3.63, 3.8) is 0 Å². The van der Waals surface area contributed by atoms with Crippen molar-refractivity contribution in [2.75, 3.05) is 12.3 Å². The van der Waals surface area contributed by atoms with E-state index in [0.717, 1.165) is 29.5 Å². The largest absolute Gasteiger partial charge is 0.397 e. The Hall–Kier alpha value is -1.55. The van der Waals surface area contributed by atoms with Crippen LogP contribution >= 0.6 is 11.3 Å². The quantitative estimate of drug-likeness (QED) is 0.858. The monoisotopic (exact) mass is 302 g/mol. The minimum atomic E-state index is 0.113. The normalized spacial score (nSPS) is 19.7. The highest BCUT2D eigenvalue weighted by molar-refractivity contribution is 7.21. The molecule has 1 fully saturated rings. The summed E-state index contributed by atoms with van der Waals surface area (Å²) in [4.78, 5) is 15.7. The van der Waals surface area contributed by atoms with Crippen LogP contribution in [0.3, 0.4) is 0 Å². The number of carbonyl (C=O) groups excluding carboxylic acids is 1. The molecule has 1 aliphatic heterocycles. The van der Waals surface area contributed by atoms with Crippen LogP contribution in [0.1, 0.15) is 47.8 Å². The lowest BCUT2D eigenvalue weighted by Crippen LogP contribution is -2.38. The van der Waals surface area contributed by atoms with Crippen molar-refractivity contribution >= 4 is 33.0 Å². The van der Waals surface area contributed by atoms with Gasteiger partial charge in [0.2, 0.25) is 0 Å². The number of hydrogen-bond donors (Lipinski definition) is 1. The second-order valence-corrected chi connectivity index (χ2v) is 7.01. The number of nitrogens with zero attached hydrogens (tertiary/aromatic N) is 1. The smallest absolute Gasteiger partial charge is 0.266 e. The van der Waals surface area contributed by atoms with E-state index in [1.165, 1.54) is 18.4 Å². The molecule has 2 N–H and O–H groups in total. The maximum atomic E-state index is 12.9. The summed E-state index contributed by atoms with van der Waals surface area (Å²) in [6.07, 6.45) is 4.62. The van der Waals surface area contributed by atoms with Gasteiger partial charge in [-0.15, -0.1) is 11.3 Å². The standard InChI is InChI=1S/C17H22N2OS/c1-11-7-6-9-13-14(18)16(21-15(11)13)17(20)19-10-5-3-4-8-12(19)2/h6-7,9,12H,3-5,8,10,18H2,1-2H3. The van der Waals surface area contributed by atoms with Crippen LogP contribution in [0.4, 0.5) is 5.69 Å². The van der Waals surface area contributed by atoms with Crippen LogP contribution in [-0.2, 0) is 0 Å². The van der Waals surface area contributed by atoms with Gasteiger partial charge in [0.15, 0.2) is 0 Å². The van der Waals surface area contributed by atoms with Gasteiger partial charge in [-0.05, 0) is 32.3 Å². The fraction of sp³-hybridized carbons (Fsp3) is 0.471. The van der Waals surface area contributed by atoms with E-state index in [4.69, 9.17) is 5.73 Å². The molecule has 112 valence electrons. The van der Waals surface area contributed by atoms with E-state index in [1.807, 2.05) is 17.0 Å². The second-order valence-electron chi connectivity index (χ2n) is 5.99. The number of thiophene rings is 1. The number of likely N-dealkylation sites (tertiary alicyclic amines) is 1. The lowest BCUT2D eigenvalue weighted by molar-refractivity contribution is 0.0704. The lowest BCUT2D eigenvalue weighted by Gasteiger charge is -2.26. The van der Waals surface area contributed by atoms with Crippen molar-refractivity contribution in [3.8, 4) is 0 Å². The Balaban J connectivity index is 2.01. The average molecular weight is 302 g/mol. The first-order chi connectivity index (χ1) is 10.1. The number of anilines is 1. The van der Waals surface area contributed by atoms with E-state index in [-0.39, 0.29) is 5.91 Å². The number of benzene rings is 1. The first-order valence-corrected chi connectivity index (χ1v) is 8.50. The van der Waals surface area contributed by atoms with Gasteiger partial charge in [0.25, 0.3) is 5.91 Å². The number of rotatable bonds is 1. The Morgan fingerprint density at radius 2 is 2.14 bits per heavy atom. The summed E-state index contributed by atoms with van der Waals surface area (Å²) in [6.45, 7) is 5.08. The van der Waals surface area contributed by atoms with Crippen molar-refractivity contribution in [3.05, 3.63) is 28.6 Å². The highest BCUT2D eigenvalue weighted by Crippen LogP contribution is 2.37. The van der Waals surface area contributed by atoms with Crippen molar-refractivity contribution in [1.82, 2.24) is 4.90 Å². The van der Waals surface area contributed by atoms with Crippen LogP contribution in [0, 0.1) is 6.92 Å². The predicted octanol–water partition coefficient (Wildman–Crippen LogP) is 4.20. The summed E-state index contributed by atoms with van der Waals surface area (Å²) in [7, 11) is 0. The van der Waals surface area contributed by atoms with Crippen LogP contribution in [0.15, 0.2) is 18.2 Å². The summed E-state index contributed by atoms with van der Waals surface area (Å²) in [5.74, 6) is 0.113. The van der Waals surface area contributed by atoms with Crippen LogP contribution in [0.5, 0.6) is 0 Å². The number of amides is 1. The third-order valence-corrected chi connectivity index (χ3v) is 5.80. The Labute approximate surface area is 129 Å². The predicted molar refractivity (Wildman–Crippen MR) is 89.9 cm³/mol. The highest BCUT2D eigenvalue weighted by Gasteiger charge is 2.26. The SMILES string of the molecule is Cc1cccc2c(N)c(C(=O)N3CCCCCC3C)sc12. The number of nitrogen functional groups attached to an aromatic ring is 1. The third kappa shape index (κ3) is 2.53. The van der Waals surface area contributed by atoms with Crippen molar-refractivity contribution in [2.45, 2.75) is 45.6 Å². The Bertz CT molecular complexity index is 677. The van der Waals surface area contributed by atoms with Gasteiger partial charge in [-0.1, -0.05) is 31.0 Å². The maximum Gasteiger partial charge on any atom is 0.266 e. The molecule has 0 spiro atoms. The van der Waals surface area contributed by atoms with E-state index in [1.54, 1.807) is 11.3 Å². The molecule has 2 heterocycles. The molecule has 1 unspecified atom stereocenters. The molecule has 1 saturated heterocycles. The van der Waals surface area contributed by atoms with E-state index in [0.29, 0.717) is 16.6 Å². The van der Waals surface area contributed by atoms with Gasteiger partial charge in [0.1, 0.15) is 4.88 Å². The van der Waals surface area contributed by atoms with Gasteiger partial charge in [0, 0.05) is 22.7 Å². The first-order valence-electron chi connectivity index (χ1n) is 7.68. The Morgan fingerprint density at radius 1 is 1.33 bits per heavy atom. The molecule has 1 atom stereocenters. The van der Waals surface area contributed by atoms with Crippen LogP contribution < -0.4 is 5.73 Å². The fourth-order valence-electron chi connectivity index (χ4n) is 3.15. The molecular weight excluding hydrogens is 280 g/mol. The van der Waals surface area contributed by atoms with E-state index in [2.05, 4.69) is 19.9 Å². The molecular formula is C17H22N2OS. The molecule has 1 aromatic heterocycles. The molecule has 1 aliphatic rings. The van der Waals surface area contributed by atoms with Gasteiger partial charge in [0.05, 0.1) is 5.69 Å². The number of hydrogen-bond acceptors (Lipinski definition) is 3. The zero-order valence-electron chi connectivity index (χ0n) is 12.7. The molecule has 0 aliphatic carbocycles. The number of carbonyl (C=O) groups is 1. The number of fused-ring (bicyclic) bond motifs is 1. The Morgan fingerprint density at radius 3 is 2.90 bits per heavy atom. The van der Waals surface area contributed by atoms with Gasteiger partial charge in [-0.3, -0.25) is 4.79 Å². The van der Waals surface area contributed by atoms with Crippen molar-refractivity contribution in [2.24, 2.45) is 0 Å². The van der Waals surface area contributed by atoms with E-state index < -0.39 is 0 Å². The molecule has 3 rings (SSSR count). The van der Waals surface area contributed by atoms with Gasteiger partial charge in [-0.2, -0.15) is 0 Å². The third-order valence-electron chi connectivity index (χ3n) is 4.46. The van der Waals surface area contributed by atoms with E-state index in [9.17, 15) is 4.79 Å². The number of nitrogens with two attached hydrogens (primary N) is 1. The average Bonchev–Trinajstić information content (AvgIpc) is 2.66. The summed E-state index contributed by atoms with van der Waals surface area (Å²) in [5.41, 5.74) is 8.10. The highest BCUT2D eigenvalue weighted by atomic mass is 32.1. The van der Waals surface area contributed by atoms with Gasteiger partial charge >= 0.3 is 0 Å². The number of aryl methyl sites for hydroxylation is 1. The minimum Gasteiger partial charge on any atom is -0.397 e. The van der Waals surface area contributed by atoms with Crippen molar-refractivity contribution < 1.29 is 4.79 Å². The zero-order valence-corrected chi connectivity index (χ0v) is 13.5. The fourth-order valence-corrected chi connectivity index (χ4v) is 4.29. The molecule has 2 aromatic rings. The van der Waals surface area contributed by atoms with E-state index >= 15 is 0 Å². The lowest BCUT2D eigenvalue weighted by atomic mass is 10.1. The summed E-state index contributed by atoms with van der Waals surface area (Å²) >= 11 is 1.54. The second kappa shape index (κ2) is 5.68. The summed E-state index contributed by atoms with van der Waals surface area (Å²) in [6, 6.07) is 6.40. The minimum absolute atomic E-state index is 0.113. The van der Waals surface area contributed by atoms with Crippen LogP contribution in [0.2, 0.25) is 0 Å². The Kier molecular flexibility index (Phi) is 3.89. The zero-order chi connectivity index (χ0) is 15.0. The molecule has 4 heteroatoms. The molecule has 0 saturated carbocycles. The van der Waals surface area contributed by atoms with Gasteiger partial charge < -0.3 is 10.6 Å². The molecule has 21 heavy (non-hydrogen) atoms. The maximum absolute atomic E-state index is 12.9. The summed E-state index contributed by atoms with van der Waals surface area (Å²) < 4.78 is 1.14. The first kappa shape index (κ1) is 14.4. The molecule has 3 nitrogen and oxygen atoms in total. The molecule has 0 bridgehead atoms. The molecule has 0 radical (unpaired) electrons. The van der Waals surface area contributed by atoms with Crippen LogP contribution in [-0.4, -0.2) is 23.4 Å². The topological polar surface area (TPSA) is 46.3 Å². The summed E-state index contributed by atoms with van der Waals surface area (Å²) in [5, 5.41) is 1.02. The molecule has 1 aromatic carbocycles. The van der Waals surface area contributed by atoms with Crippen molar-refractivity contribution in [1.29, 1.82) is 0 Å².